The maximum Gasteiger partial charge on any atom is 0.310 e. The van der Waals surface area contributed by atoms with Gasteiger partial charge in [0.2, 0.25) is 0 Å². The number of ether oxygens (including phenoxy) is 1. The van der Waals surface area contributed by atoms with E-state index in [4.69, 9.17) is 10.5 Å². The van der Waals surface area contributed by atoms with E-state index in [1.54, 1.807) is 0 Å². The van der Waals surface area contributed by atoms with Crippen molar-refractivity contribution in [2.75, 3.05) is 20.1 Å². The van der Waals surface area contributed by atoms with Crippen molar-refractivity contribution in [2.24, 2.45) is 5.73 Å². The van der Waals surface area contributed by atoms with Crippen molar-refractivity contribution in [2.45, 2.75) is 31.9 Å². The number of rotatable bonds is 4. The van der Waals surface area contributed by atoms with Gasteiger partial charge in [0.05, 0.1) is 6.42 Å². The van der Waals surface area contributed by atoms with Crippen LogP contribution in [0.5, 0.6) is 0 Å². The lowest BCUT2D eigenvalue weighted by molar-refractivity contribution is -0.150. The van der Waals surface area contributed by atoms with Crippen molar-refractivity contribution < 1.29 is 9.53 Å². The zero-order valence-electron chi connectivity index (χ0n) is 11.5. The predicted octanol–water partition coefficient (Wildman–Crippen LogP) is 1.33. The molecule has 0 bridgehead atoms. The third kappa shape index (κ3) is 4.04. The Morgan fingerprint density at radius 3 is 2.58 bits per heavy atom. The number of nitrogens with zero attached hydrogens (tertiary/aromatic N) is 1. The highest BCUT2D eigenvalue weighted by molar-refractivity contribution is 5.73. The molecule has 1 aliphatic rings. The second kappa shape index (κ2) is 6.68. The molecule has 4 nitrogen and oxygen atoms in total. The molecule has 0 aliphatic carbocycles. The van der Waals surface area contributed by atoms with Gasteiger partial charge in [0.25, 0.3) is 0 Å². The highest BCUT2D eigenvalue weighted by Crippen LogP contribution is 2.15. The minimum atomic E-state index is -0.143. The van der Waals surface area contributed by atoms with E-state index in [2.05, 4.69) is 11.9 Å². The first-order chi connectivity index (χ1) is 9.19. The van der Waals surface area contributed by atoms with E-state index in [1.807, 2.05) is 24.3 Å². The molecular weight excluding hydrogens is 240 g/mol. The topological polar surface area (TPSA) is 55.6 Å². The summed E-state index contributed by atoms with van der Waals surface area (Å²) in [5, 5.41) is 0. The van der Waals surface area contributed by atoms with Gasteiger partial charge in [0, 0.05) is 19.6 Å². The standard InChI is InChI=1S/C15H22N2O2/c1-17-8-6-14(7-9-17)19-15(18)10-12-4-2-3-5-13(12)11-16/h2-5,14H,6-11,16H2,1H3. The molecule has 1 heterocycles. The van der Waals surface area contributed by atoms with Gasteiger partial charge in [-0.3, -0.25) is 4.79 Å². The number of hydrogen-bond acceptors (Lipinski definition) is 4. The van der Waals surface area contributed by atoms with Crippen LogP contribution in [0.2, 0.25) is 0 Å². The Labute approximate surface area is 114 Å². The average Bonchev–Trinajstić information content (AvgIpc) is 2.42. The lowest BCUT2D eigenvalue weighted by atomic mass is 10.0. The predicted molar refractivity (Wildman–Crippen MR) is 74.6 cm³/mol. The molecule has 0 radical (unpaired) electrons. The molecule has 0 aromatic heterocycles. The van der Waals surface area contributed by atoms with Gasteiger partial charge in [0.1, 0.15) is 6.10 Å². The number of hydrogen-bond donors (Lipinski definition) is 1. The van der Waals surface area contributed by atoms with Gasteiger partial charge >= 0.3 is 5.97 Å². The zero-order chi connectivity index (χ0) is 13.7. The molecule has 0 unspecified atom stereocenters. The summed E-state index contributed by atoms with van der Waals surface area (Å²) in [6, 6.07) is 7.77. The highest BCUT2D eigenvalue weighted by atomic mass is 16.5. The largest absolute Gasteiger partial charge is 0.462 e. The first-order valence-electron chi connectivity index (χ1n) is 6.84. The smallest absolute Gasteiger partial charge is 0.310 e. The second-order valence-corrected chi connectivity index (χ2v) is 5.14. The third-order valence-electron chi connectivity index (χ3n) is 3.64. The van der Waals surface area contributed by atoms with E-state index >= 15 is 0 Å². The van der Waals surface area contributed by atoms with Gasteiger partial charge in [-0.1, -0.05) is 24.3 Å². The molecule has 19 heavy (non-hydrogen) atoms. The number of carbonyl (C=O) groups excluding carboxylic acids is 1. The molecule has 1 saturated heterocycles. The summed E-state index contributed by atoms with van der Waals surface area (Å²) in [5.74, 6) is -0.143. The Hall–Kier alpha value is -1.39. The SMILES string of the molecule is CN1CCC(OC(=O)Cc2ccccc2CN)CC1. The van der Waals surface area contributed by atoms with E-state index in [9.17, 15) is 4.79 Å². The fourth-order valence-corrected chi connectivity index (χ4v) is 2.41. The van der Waals surface area contributed by atoms with Crippen LogP contribution in [-0.4, -0.2) is 37.1 Å². The Morgan fingerprint density at radius 1 is 1.32 bits per heavy atom. The van der Waals surface area contributed by atoms with Crippen LogP contribution in [0.1, 0.15) is 24.0 Å². The molecule has 104 valence electrons. The highest BCUT2D eigenvalue weighted by Gasteiger charge is 2.20. The number of esters is 1. The van der Waals surface area contributed by atoms with E-state index < -0.39 is 0 Å². The van der Waals surface area contributed by atoms with Crippen molar-refractivity contribution >= 4 is 5.97 Å². The Bertz CT molecular complexity index is 426. The van der Waals surface area contributed by atoms with Gasteiger partial charge in [0.15, 0.2) is 0 Å². The summed E-state index contributed by atoms with van der Waals surface area (Å²) < 4.78 is 5.54. The fraction of sp³-hybridized carbons (Fsp3) is 0.533. The molecule has 2 rings (SSSR count). The van der Waals surface area contributed by atoms with Gasteiger partial charge in [-0.25, -0.2) is 0 Å². The van der Waals surface area contributed by atoms with Crippen LogP contribution >= 0.6 is 0 Å². The Kier molecular flexibility index (Phi) is 4.93. The summed E-state index contributed by atoms with van der Waals surface area (Å²) in [4.78, 5) is 14.2. The van der Waals surface area contributed by atoms with Crippen LogP contribution in [0.25, 0.3) is 0 Å². The summed E-state index contributed by atoms with van der Waals surface area (Å²) in [6.07, 6.45) is 2.26. The number of nitrogens with two attached hydrogens (primary N) is 1. The van der Waals surface area contributed by atoms with Crippen LogP contribution in [-0.2, 0) is 22.5 Å². The van der Waals surface area contributed by atoms with Crippen LogP contribution < -0.4 is 5.73 Å². The van der Waals surface area contributed by atoms with Crippen molar-refractivity contribution in [3.63, 3.8) is 0 Å². The quantitative estimate of drug-likeness (QED) is 0.832. The molecule has 0 amide bonds. The molecule has 1 aliphatic heterocycles. The van der Waals surface area contributed by atoms with E-state index in [0.29, 0.717) is 13.0 Å². The number of likely N-dealkylation sites (tertiary alicyclic amines) is 1. The molecule has 1 aromatic rings. The molecule has 4 heteroatoms. The molecule has 1 aromatic carbocycles. The Morgan fingerprint density at radius 2 is 1.95 bits per heavy atom. The third-order valence-corrected chi connectivity index (χ3v) is 3.64. The van der Waals surface area contributed by atoms with Crippen LogP contribution in [0.4, 0.5) is 0 Å². The molecule has 0 saturated carbocycles. The zero-order valence-corrected chi connectivity index (χ0v) is 11.5. The van der Waals surface area contributed by atoms with Crippen LogP contribution in [0.3, 0.4) is 0 Å². The maximum atomic E-state index is 12.0. The maximum absolute atomic E-state index is 12.0. The lowest BCUT2D eigenvalue weighted by Gasteiger charge is -2.28. The van der Waals surface area contributed by atoms with Crippen molar-refractivity contribution in [1.29, 1.82) is 0 Å². The number of carbonyl (C=O) groups is 1. The van der Waals surface area contributed by atoms with Crippen molar-refractivity contribution in [1.82, 2.24) is 4.90 Å². The van der Waals surface area contributed by atoms with Crippen molar-refractivity contribution in [3.8, 4) is 0 Å². The summed E-state index contributed by atoms with van der Waals surface area (Å²) in [7, 11) is 2.09. The molecule has 1 fully saturated rings. The lowest BCUT2D eigenvalue weighted by Crippen LogP contribution is -2.35. The van der Waals surface area contributed by atoms with Gasteiger partial charge < -0.3 is 15.4 Å². The Balaban J connectivity index is 1.87. The summed E-state index contributed by atoms with van der Waals surface area (Å²) in [5.41, 5.74) is 7.66. The molecule has 0 atom stereocenters. The number of piperidine rings is 1. The minimum absolute atomic E-state index is 0.0775. The van der Waals surface area contributed by atoms with Crippen LogP contribution in [0.15, 0.2) is 24.3 Å². The second-order valence-electron chi connectivity index (χ2n) is 5.14. The van der Waals surface area contributed by atoms with E-state index in [-0.39, 0.29) is 12.1 Å². The first-order valence-corrected chi connectivity index (χ1v) is 6.84. The minimum Gasteiger partial charge on any atom is -0.462 e. The van der Waals surface area contributed by atoms with E-state index in [0.717, 1.165) is 37.1 Å². The first kappa shape index (κ1) is 14.0. The van der Waals surface area contributed by atoms with Crippen LogP contribution in [0, 0.1) is 0 Å². The molecular formula is C15H22N2O2. The van der Waals surface area contributed by atoms with Gasteiger partial charge in [-0.05, 0) is 31.0 Å². The van der Waals surface area contributed by atoms with Gasteiger partial charge in [-0.2, -0.15) is 0 Å². The van der Waals surface area contributed by atoms with Gasteiger partial charge in [-0.15, -0.1) is 0 Å². The monoisotopic (exact) mass is 262 g/mol. The van der Waals surface area contributed by atoms with E-state index in [1.165, 1.54) is 0 Å². The number of benzene rings is 1. The average molecular weight is 262 g/mol. The summed E-state index contributed by atoms with van der Waals surface area (Å²) >= 11 is 0. The normalized spacial score (nSPS) is 17.4. The fourth-order valence-electron chi connectivity index (χ4n) is 2.41. The summed E-state index contributed by atoms with van der Waals surface area (Å²) in [6.45, 7) is 2.45. The molecule has 2 N–H and O–H groups in total. The van der Waals surface area contributed by atoms with Crippen molar-refractivity contribution in [3.05, 3.63) is 35.4 Å². The molecule has 0 spiro atoms.